The van der Waals surface area contributed by atoms with Crippen molar-refractivity contribution in [2.45, 2.75) is 38.8 Å². The summed E-state index contributed by atoms with van der Waals surface area (Å²) in [5.74, 6) is -0.948. The Hall–Kier alpha value is -1.13. The van der Waals surface area contributed by atoms with Gasteiger partial charge in [-0.1, -0.05) is 24.6 Å². The van der Waals surface area contributed by atoms with Crippen molar-refractivity contribution < 1.29 is 13.9 Å². The lowest BCUT2D eigenvalue weighted by Crippen LogP contribution is -2.51. The number of methoxy groups -OCH3 is 1. The lowest BCUT2D eigenvalue weighted by Gasteiger charge is -2.31. The summed E-state index contributed by atoms with van der Waals surface area (Å²) in [5, 5.41) is 3.19. The van der Waals surface area contributed by atoms with Crippen molar-refractivity contribution in [3.8, 4) is 0 Å². The molecule has 1 aromatic rings. The van der Waals surface area contributed by atoms with E-state index < -0.39 is 17.3 Å². The highest BCUT2D eigenvalue weighted by Gasteiger charge is 2.37. The van der Waals surface area contributed by atoms with E-state index in [1.807, 2.05) is 13.8 Å². The van der Waals surface area contributed by atoms with Gasteiger partial charge in [-0.25, -0.2) is 9.18 Å². The Morgan fingerprint density at radius 2 is 2.21 bits per heavy atom. The second-order valence-electron chi connectivity index (χ2n) is 4.70. The third kappa shape index (κ3) is 3.45. The minimum Gasteiger partial charge on any atom is -0.467 e. The zero-order valence-corrected chi connectivity index (χ0v) is 12.3. The first-order valence-corrected chi connectivity index (χ1v) is 6.54. The predicted molar refractivity (Wildman–Crippen MR) is 73.7 cm³/mol. The van der Waals surface area contributed by atoms with Gasteiger partial charge in [0.25, 0.3) is 0 Å². The molecule has 0 fully saturated rings. The number of esters is 1. The van der Waals surface area contributed by atoms with Crippen LogP contribution in [0.2, 0.25) is 5.02 Å². The quantitative estimate of drug-likeness (QED) is 0.845. The third-order valence-corrected chi connectivity index (χ3v) is 3.53. The van der Waals surface area contributed by atoms with Gasteiger partial charge in [0, 0.05) is 6.04 Å². The van der Waals surface area contributed by atoms with Crippen molar-refractivity contribution in [3.63, 3.8) is 0 Å². The SMILES string of the molecule is CCC(C)NC(C)(C(=O)OC)c1ccc(F)c(Cl)c1. The number of carbonyl (C=O) groups excluding carboxylic acids is 1. The average Bonchev–Trinajstić information content (AvgIpc) is 2.40. The Kier molecular flexibility index (Phi) is 5.32. The van der Waals surface area contributed by atoms with Crippen molar-refractivity contribution in [1.82, 2.24) is 5.32 Å². The Morgan fingerprint density at radius 3 is 2.68 bits per heavy atom. The number of carbonyl (C=O) groups is 1. The molecule has 1 rings (SSSR count). The highest BCUT2D eigenvalue weighted by atomic mass is 35.5. The minimum absolute atomic E-state index is 0.0152. The summed E-state index contributed by atoms with van der Waals surface area (Å²) in [7, 11) is 1.32. The fraction of sp³-hybridized carbons (Fsp3) is 0.500. The van der Waals surface area contributed by atoms with Gasteiger partial charge in [-0.2, -0.15) is 0 Å². The van der Waals surface area contributed by atoms with Gasteiger partial charge in [-0.05, 0) is 38.0 Å². The maximum Gasteiger partial charge on any atom is 0.330 e. The molecule has 0 aromatic heterocycles. The van der Waals surface area contributed by atoms with Crippen molar-refractivity contribution in [3.05, 3.63) is 34.6 Å². The van der Waals surface area contributed by atoms with Crippen LogP contribution in [0.15, 0.2) is 18.2 Å². The van der Waals surface area contributed by atoms with Gasteiger partial charge in [0.15, 0.2) is 0 Å². The summed E-state index contributed by atoms with van der Waals surface area (Å²) in [6.07, 6.45) is 0.849. The van der Waals surface area contributed by atoms with Crippen LogP contribution in [0.3, 0.4) is 0 Å². The summed E-state index contributed by atoms with van der Waals surface area (Å²) < 4.78 is 18.1. The van der Waals surface area contributed by atoms with Gasteiger partial charge in [0.2, 0.25) is 0 Å². The molecule has 0 saturated carbocycles. The first-order chi connectivity index (χ1) is 8.85. The summed E-state index contributed by atoms with van der Waals surface area (Å²) in [6, 6.07) is 4.33. The van der Waals surface area contributed by atoms with Crippen molar-refractivity contribution in [1.29, 1.82) is 0 Å². The van der Waals surface area contributed by atoms with Gasteiger partial charge in [0.05, 0.1) is 12.1 Å². The van der Waals surface area contributed by atoms with Crippen LogP contribution in [0.4, 0.5) is 4.39 Å². The summed E-state index contributed by atoms with van der Waals surface area (Å²) >= 11 is 5.78. The molecule has 0 aliphatic heterocycles. The van der Waals surface area contributed by atoms with Crippen molar-refractivity contribution in [2.75, 3.05) is 7.11 Å². The van der Waals surface area contributed by atoms with Crippen molar-refractivity contribution >= 4 is 17.6 Å². The average molecular weight is 288 g/mol. The molecule has 0 amide bonds. The van der Waals surface area contributed by atoms with E-state index in [1.54, 1.807) is 6.92 Å². The van der Waals surface area contributed by atoms with E-state index in [0.717, 1.165) is 6.42 Å². The number of benzene rings is 1. The van der Waals surface area contributed by atoms with E-state index in [9.17, 15) is 9.18 Å². The number of ether oxygens (including phenoxy) is 1. The molecule has 0 heterocycles. The number of halogens is 2. The molecule has 0 bridgehead atoms. The lowest BCUT2D eigenvalue weighted by atomic mass is 9.90. The Balaban J connectivity index is 3.22. The van der Waals surface area contributed by atoms with Crippen LogP contribution in [0.25, 0.3) is 0 Å². The van der Waals surface area contributed by atoms with Crippen LogP contribution in [-0.4, -0.2) is 19.1 Å². The van der Waals surface area contributed by atoms with Crippen LogP contribution < -0.4 is 5.32 Å². The molecular weight excluding hydrogens is 269 g/mol. The van der Waals surface area contributed by atoms with E-state index in [4.69, 9.17) is 16.3 Å². The highest BCUT2D eigenvalue weighted by molar-refractivity contribution is 6.30. The number of hydrogen-bond donors (Lipinski definition) is 1. The first-order valence-electron chi connectivity index (χ1n) is 6.16. The van der Waals surface area contributed by atoms with E-state index >= 15 is 0 Å². The zero-order valence-electron chi connectivity index (χ0n) is 11.6. The zero-order chi connectivity index (χ0) is 14.6. The van der Waals surface area contributed by atoms with Crippen LogP contribution in [-0.2, 0) is 15.1 Å². The molecule has 106 valence electrons. The van der Waals surface area contributed by atoms with Crippen LogP contribution in [0.1, 0.15) is 32.8 Å². The monoisotopic (exact) mass is 287 g/mol. The van der Waals surface area contributed by atoms with Crippen LogP contribution >= 0.6 is 11.6 Å². The molecule has 3 nitrogen and oxygen atoms in total. The molecule has 0 aliphatic rings. The second-order valence-corrected chi connectivity index (χ2v) is 5.11. The fourth-order valence-electron chi connectivity index (χ4n) is 1.87. The molecule has 19 heavy (non-hydrogen) atoms. The molecule has 0 aliphatic carbocycles. The fourth-order valence-corrected chi connectivity index (χ4v) is 2.05. The number of nitrogens with one attached hydrogen (secondary N) is 1. The van der Waals surface area contributed by atoms with Gasteiger partial charge < -0.3 is 4.74 Å². The molecule has 1 N–H and O–H groups in total. The largest absolute Gasteiger partial charge is 0.467 e. The minimum atomic E-state index is -1.05. The van der Waals surface area contributed by atoms with E-state index in [0.29, 0.717) is 5.56 Å². The molecule has 1 aromatic carbocycles. The van der Waals surface area contributed by atoms with Gasteiger partial charge in [-0.15, -0.1) is 0 Å². The standard InChI is InChI=1S/C14H19ClFNO2/c1-5-9(2)17-14(3,13(18)19-4)10-6-7-12(16)11(15)8-10/h6-9,17H,5H2,1-4H3. The maximum absolute atomic E-state index is 13.2. The molecule has 0 spiro atoms. The predicted octanol–water partition coefficient (Wildman–Crippen LogP) is 3.26. The highest BCUT2D eigenvalue weighted by Crippen LogP contribution is 2.27. The molecule has 0 saturated heterocycles. The molecule has 2 atom stereocenters. The van der Waals surface area contributed by atoms with Gasteiger partial charge >= 0.3 is 5.97 Å². The second kappa shape index (κ2) is 6.35. The lowest BCUT2D eigenvalue weighted by molar-refractivity contribution is -0.148. The Bertz CT molecular complexity index is 467. The summed E-state index contributed by atoms with van der Waals surface area (Å²) in [4.78, 5) is 12.1. The van der Waals surface area contributed by atoms with Crippen LogP contribution in [0, 0.1) is 5.82 Å². The Morgan fingerprint density at radius 1 is 1.58 bits per heavy atom. The van der Waals surface area contributed by atoms with E-state index in [-0.39, 0.29) is 11.1 Å². The van der Waals surface area contributed by atoms with Gasteiger partial charge in [0.1, 0.15) is 11.4 Å². The maximum atomic E-state index is 13.2. The Labute approximate surface area is 118 Å². The summed E-state index contributed by atoms with van der Waals surface area (Å²) in [5.41, 5.74) is -0.479. The molecule has 2 unspecified atom stereocenters. The van der Waals surface area contributed by atoms with E-state index in [2.05, 4.69) is 5.32 Å². The van der Waals surface area contributed by atoms with E-state index in [1.165, 1.54) is 25.3 Å². The third-order valence-electron chi connectivity index (χ3n) is 3.24. The molecule has 0 radical (unpaired) electrons. The number of rotatable bonds is 5. The topological polar surface area (TPSA) is 38.3 Å². The normalized spacial score (nSPS) is 15.7. The molecule has 5 heteroatoms. The van der Waals surface area contributed by atoms with Gasteiger partial charge in [-0.3, -0.25) is 5.32 Å². The van der Waals surface area contributed by atoms with Crippen molar-refractivity contribution in [2.24, 2.45) is 0 Å². The molecular formula is C14H19ClFNO2. The smallest absolute Gasteiger partial charge is 0.330 e. The summed E-state index contributed by atoms with van der Waals surface area (Å²) in [6.45, 7) is 5.67. The van der Waals surface area contributed by atoms with Crippen LogP contribution in [0.5, 0.6) is 0 Å². The first kappa shape index (κ1) is 15.9. The number of hydrogen-bond acceptors (Lipinski definition) is 3.